The summed E-state index contributed by atoms with van der Waals surface area (Å²) in [7, 11) is -2.79. The minimum atomic E-state index is -4.04. The molecule has 0 radical (unpaired) electrons. The molecule has 1 N–H and O–H groups in total. The van der Waals surface area contributed by atoms with E-state index in [9.17, 15) is 18.0 Å². The maximum Gasteiger partial charge on any atom is 0.337 e. The van der Waals surface area contributed by atoms with E-state index in [-0.39, 0.29) is 39.0 Å². The van der Waals surface area contributed by atoms with Crippen LogP contribution in [0, 0.1) is 0 Å². The lowest BCUT2D eigenvalue weighted by Gasteiger charge is -2.26. The number of hydrogen-bond acceptors (Lipinski definition) is 5. The summed E-state index contributed by atoms with van der Waals surface area (Å²) in [6.45, 7) is 0.000935. The number of rotatable bonds is 8. The van der Waals surface area contributed by atoms with Gasteiger partial charge in [-0.1, -0.05) is 72.3 Å². The number of carbonyl (C=O) groups excluding carboxylic acids is 2. The van der Waals surface area contributed by atoms with Gasteiger partial charge in [0.1, 0.15) is 0 Å². The maximum absolute atomic E-state index is 13.8. The van der Waals surface area contributed by atoms with Crippen LogP contribution in [0.2, 0.25) is 5.02 Å². The minimum Gasteiger partial charge on any atom is -0.465 e. The second-order valence-corrected chi connectivity index (χ2v) is 10.2. The van der Waals surface area contributed by atoms with Crippen molar-refractivity contribution in [2.24, 2.45) is 0 Å². The summed E-state index contributed by atoms with van der Waals surface area (Å²) < 4.78 is 33.5. The molecule has 0 bridgehead atoms. The Bertz CT molecular complexity index is 1530. The van der Waals surface area contributed by atoms with E-state index in [0.717, 1.165) is 5.56 Å². The molecule has 0 unspecified atom stereocenters. The van der Waals surface area contributed by atoms with E-state index < -0.39 is 21.9 Å². The molecule has 0 saturated carbocycles. The Labute approximate surface area is 220 Å². The normalized spacial score (nSPS) is 11.0. The number of methoxy groups -OCH3 is 1. The van der Waals surface area contributed by atoms with Crippen LogP contribution in [0.3, 0.4) is 0 Å². The minimum absolute atomic E-state index is 0.000935. The standard InChI is InChI=1S/C28H23ClN2O5S/c1-36-28(33)21-16-17-24(29)25(18-21)30-27(32)23-14-8-9-15-26(23)31(19-20-10-4-2-5-11-20)37(34,35)22-12-6-3-7-13-22/h2-18H,19H2,1H3,(H,30,32). The molecule has 0 aliphatic carbocycles. The van der Waals surface area contributed by atoms with Gasteiger partial charge in [-0.25, -0.2) is 13.2 Å². The van der Waals surface area contributed by atoms with Gasteiger partial charge < -0.3 is 10.1 Å². The molecule has 9 heteroatoms. The van der Waals surface area contributed by atoms with Gasteiger partial charge in [-0.15, -0.1) is 0 Å². The first kappa shape index (κ1) is 25.9. The highest BCUT2D eigenvalue weighted by Crippen LogP contribution is 2.31. The number of carbonyl (C=O) groups is 2. The van der Waals surface area contributed by atoms with Crippen LogP contribution < -0.4 is 9.62 Å². The molecular formula is C28H23ClN2O5S. The van der Waals surface area contributed by atoms with Crippen molar-refractivity contribution >= 4 is 44.9 Å². The van der Waals surface area contributed by atoms with Gasteiger partial charge in [0.2, 0.25) is 0 Å². The Morgan fingerprint density at radius 3 is 2.16 bits per heavy atom. The highest BCUT2D eigenvalue weighted by molar-refractivity contribution is 7.92. The van der Waals surface area contributed by atoms with E-state index in [1.165, 1.54) is 47.8 Å². The Kier molecular flexibility index (Phi) is 7.91. The summed E-state index contributed by atoms with van der Waals surface area (Å²) in [4.78, 5) is 25.5. The van der Waals surface area contributed by atoms with Gasteiger partial charge in [-0.2, -0.15) is 0 Å². The second kappa shape index (κ2) is 11.3. The van der Waals surface area contributed by atoms with Crippen molar-refractivity contribution < 1.29 is 22.7 Å². The number of sulfonamides is 1. The van der Waals surface area contributed by atoms with Crippen LogP contribution in [0.15, 0.2) is 108 Å². The van der Waals surface area contributed by atoms with Crippen LogP contribution >= 0.6 is 11.6 Å². The molecule has 0 spiro atoms. The van der Waals surface area contributed by atoms with E-state index in [4.69, 9.17) is 16.3 Å². The van der Waals surface area contributed by atoms with Crippen molar-refractivity contribution in [1.29, 1.82) is 0 Å². The zero-order valence-corrected chi connectivity index (χ0v) is 21.4. The first-order chi connectivity index (χ1) is 17.8. The van der Waals surface area contributed by atoms with Gasteiger partial charge >= 0.3 is 5.97 Å². The van der Waals surface area contributed by atoms with Crippen molar-refractivity contribution in [3.63, 3.8) is 0 Å². The number of nitrogens with one attached hydrogen (secondary N) is 1. The Balaban J connectivity index is 1.77. The number of anilines is 2. The summed E-state index contributed by atoms with van der Waals surface area (Å²) in [5.74, 6) is -1.18. The SMILES string of the molecule is COC(=O)c1ccc(Cl)c(NC(=O)c2ccccc2N(Cc2ccccc2)S(=O)(=O)c2ccccc2)c1. The molecule has 0 aromatic heterocycles. The van der Waals surface area contributed by atoms with Crippen molar-refractivity contribution in [2.75, 3.05) is 16.7 Å². The number of amides is 1. The summed E-state index contributed by atoms with van der Waals surface area (Å²) in [6.07, 6.45) is 0. The average molecular weight is 535 g/mol. The number of halogens is 1. The molecule has 0 aliphatic rings. The molecule has 4 aromatic carbocycles. The largest absolute Gasteiger partial charge is 0.465 e. The molecule has 0 atom stereocenters. The van der Waals surface area contributed by atoms with Crippen LogP contribution in [0.4, 0.5) is 11.4 Å². The summed E-state index contributed by atoms with van der Waals surface area (Å²) in [5, 5.41) is 2.90. The number of esters is 1. The van der Waals surface area contributed by atoms with E-state index >= 15 is 0 Å². The number of para-hydroxylation sites is 1. The topological polar surface area (TPSA) is 92.8 Å². The zero-order valence-electron chi connectivity index (χ0n) is 19.8. The van der Waals surface area contributed by atoms with Crippen molar-refractivity contribution in [3.05, 3.63) is 125 Å². The van der Waals surface area contributed by atoms with Crippen LogP contribution in [0.25, 0.3) is 0 Å². The fourth-order valence-corrected chi connectivity index (χ4v) is 5.36. The predicted octanol–water partition coefficient (Wildman–Crippen LogP) is 5.77. The fourth-order valence-electron chi connectivity index (χ4n) is 3.71. The lowest BCUT2D eigenvalue weighted by Crippen LogP contribution is -2.32. The quantitative estimate of drug-likeness (QED) is 0.289. The van der Waals surface area contributed by atoms with Gasteiger partial charge in [-0.3, -0.25) is 9.10 Å². The summed E-state index contributed by atoms with van der Waals surface area (Å²) in [5.41, 5.74) is 1.43. The van der Waals surface area contributed by atoms with Gasteiger partial charge in [0.05, 0.1) is 46.1 Å². The van der Waals surface area contributed by atoms with E-state index in [2.05, 4.69) is 5.32 Å². The highest BCUT2D eigenvalue weighted by Gasteiger charge is 2.28. The molecule has 1 amide bonds. The highest BCUT2D eigenvalue weighted by atomic mass is 35.5. The Morgan fingerprint density at radius 2 is 1.49 bits per heavy atom. The first-order valence-corrected chi connectivity index (χ1v) is 13.0. The van der Waals surface area contributed by atoms with Crippen molar-refractivity contribution in [3.8, 4) is 0 Å². The second-order valence-electron chi connectivity index (χ2n) is 7.97. The lowest BCUT2D eigenvalue weighted by atomic mass is 10.1. The lowest BCUT2D eigenvalue weighted by molar-refractivity contribution is 0.0600. The molecular weight excluding hydrogens is 512 g/mol. The number of hydrogen-bond donors (Lipinski definition) is 1. The van der Waals surface area contributed by atoms with Gasteiger partial charge in [0.15, 0.2) is 0 Å². The molecule has 0 aliphatic heterocycles. The van der Waals surface area contributed by atoms with E-state index in [1.807, 2.05) is 30.3 Å². The third-order valence-corrected chi connectivity index (χ3v) is 7.66. The van der Waals surface area contributed by atoms with Crippen molar-refractivity contribution in [1.82, 2.24) is 0 Å². The molecule has 37 heavy (non-hydrogen) atoms. The predicted molar refractivity (Wildman–Crippen MR) is 143 cm³/mol. The first-order valence-electron chi connectivity index (χ1n) is 11.2. The van der Waals surface area contributed by atoms with Crippen LogP contribution in [0.5, 0.6) is 0 Å². The molecule has 188 valence electrons. The van der Waals surface area contributed by atoms with Crippen LogP contribution in [-0.2, 0) is 21.3 Å². The van der Waals surface area contributed by atoms with Crippen LogP contribution in [-0.4, -0.2) is 27.4 Å². The molecule has 0 fully saturated rings. The fraction of sp³-hybridized carbons (Fsp3) is 0.0714. The number of benzene rings is 4. The zero-order chi connectivity index (χ0) is 26.4. The van der Waals surface area contributed by atoms with Gasteiger partial charge in [0, 0.05) is 0 Å². The summed E-state index contributed by atoms with van der Waals surface area (Å²) in [6, 6.07) is 27.9. The summed E-state index contributed by atoms with van der Waals surface area (Å²) >= 11 is 6.26. The molecule has 7 nitrogen and oxygen atoms in total. The van der Waals surface area contributed by atoms with Crippen molar-refractivity contribution in [2.45, 2.75) is 11.4 Å². The monoisotopic (exact) mass is 534 g/mol. The van der Waals surface area contributed by atoms with E-state index in [1.54, 1.807) is 36.4 Å². The Morgan fingerprint density at radius 1 is 0.865 bits per heavy atom. The van der Waals surface area contributed by atoms with E-state index in [0.29, 0.717) is 0 Å². The molecule has 0 saturated heterocycles. The van der Waals surface area contributed by atoms with Crippen LogP contribution in [0.1, 0.15) is 26.3 Å². The van der Waals surface area contributed by atoms with Gasteiger partial charge in [-0.05, 0) is 48.0 Å². The van der Waals surface area contributed by atoms with Gasteiger partial charge in [0.25, 0.3) is 15.9 Å². The third-order valence-electron chi connectivity index (χ3n) is 5.55. The maximum atomic E-state index is 13.8. The number of nitrogens with zero attached hydrogens (tertiary/aromatic N) is 1. The molecule has 4 rings (SSSR count). The molecule has 4 aromatic rings. The average Bonchev–Trinajstić information content (AvgIpc) is 2.93. The third kappa shape index (κ3) is 5.82. The Hall–Kier alpha value is -4.14. The smallest absolute Gasteiger partial charge is 0.337 e. The molecule has 0 heterocycles. The number of ether oxygens (including phenoxy) is 1.